The fourth-order valence-electron chi connectivity index (χ4n) is 1.58. The molecule has 0 aromatic heterocycles. The van der Waals surface area contributed by atoms with E-state index in [4.69, 9.17) is 11.8 Å². The van der Waals surface area contributed by atoms with Crippen molar-refractivity contribution in [2.24, 2.45) is 3.88 Å². The number of benzene rings is 2. The largest absolute Gasteiger partial charge is 0.243 e. The van der Waals surface area contributed by atoms with Crippen molar-refractivity contribution >= 4 is 21.5 Å². The van der Waals surface area contributed by atoms with Gasteiger partial charge in [0.15, 0.2) is 0 Å². The lowest BCUT2D eigenvalue weighted by Crippen LogP contribution is -2.03. The van der Waals surface area contributed by atoms with Crippen molar-refractivity contribution in [1.82, 2.24) is 0 Å². The average Bonchev–Trinajstić information content (AvgIpc) is 2.41. The zero-order valence-corrected chi connectivity index (χ0v) is 10.7. The number of rotatable bonds is 3. The molecule has 0 spiro atoms. The molecule has 0 radical (unpaired) electrons. The van der Waals surface area contributed by atoms with Crippen LogP contribution >= 0.6 is 11.8 Å². The van der Waals surface area contributed by atoms with Crippen LogP contribution in [0, 0.1) is 0 Å². The quantitative estimate of drug-likeness (QED) is 0.828. The van der Waals surface area contributed by atoms with Crippen molar-refractivity contribution in [3.05, 3.63) is 66.2 Å². The zero-order valence-electron chi connectivity index (χ0n) is 9.12. The Hall–Kier alpha value is -1.32. The number of hydrogen-bond donors (Lipinski definition) is 0. The van der Waals surface area contributed by atoms with Gasteiger partial charge in [0.2, 0.25) is 0 Å². The molecular weight excluding hydrogens is 254 g/mol. The summed E-state index contributed by atoms with van der Waals surface area (Å²) in [5.41, 5.74) is 0.964. The monoisotopic (exact) mass is 265 g/mol. The van der Waals surface area contributed by atoms with Crippen molar-refractivity contribution in [3.63, 3.8) is 0 Å². The first-order valence-electron chi connectivity index (χ1n) is 5.19. The Kier molecular flexibility index (Phi) is 3.82. The molecule has 2 aromatic rings. The smallest absolute Gasteiger partial charge is 0.0960 e. The van der Waals surface area contributed by atoms with Gasteiger partial charge in [0.25, 0.3) is 0 Å². The summed E-state index contributed by atoms with van der Waals surface area (Å²) in [6.07, 6.45) is 0. The second-order valence-electron chi connectivity index (χ2n) is 3.65. The van der Waals surface area contributed by atoms with E-state index >= 15 is 0 Å². The predicted octanol–water partition coefficient (Wildman–Crippen LogP) is 3.87. The van der Waals surface area contributed by atoms with E-state index in [2.05, 4.69) is 3.88 Å². The summed E-state index contributed by atoms with van der Waals surface area (Å²) in [6, 6.07) is 18.7. The van der Waals surface area contributed by atoms with Gasteiger partial charge in [-0.2, -0.15) is 0 Å². The van der Waals surface area contributed by atoms with Gasteiger partial charge in [0.1, 0.15) is 0 Å². The fourth-order valence-corrected chi connectivity index (χ4v) is 3.49. The van der Waals surface area contributed by atoms with Gasteiger partial charge in [0.05, 0.1) is 15.5 Å². The number of hydrogen-bond acceptors (Lipinski definition) is 2. The Morgan fingerprint density at radius 3 is 2.00 bits per heavy atom. The first-order valence-corrected chi connectivity index (χ1v) is 7.21. The summed E-state index contributed by atoms with van der Waals surface area (Å²) >= 11 is 5.54. The van der Waals surface area contributed by atoms with E-state index < -0.39 is 9.73 Å². The van der Waals surface area contributed by atoms with Crippen LogP contribution in [0.1, 0.15) is 5.56 Å². The summed E-state index contributed by atoms with van der Waals surface area (Å²) in [5.74, 6) is 0.335. The molecule has 17 heavy (non-hydrogen) atoms. The van der Waals surface area contributed by atoms with Crippen LogP contribution in [-0.2, 0) is 15.5 Å². The highest BCUT2D eigenvalue weighted by molar-refractivity contribution is 7.93. The van der Waals surface area contributed by atoms with E-state index in [-0.39, 0.29) is 0 Å². The van der Waals surface area contributed by atoms with Crippen LogP contribution in [0.3, 0.4) is 0 Å². The number of halogens is 1. The van der Waals surface area contributed by atoms with Crippen LogP contribution in [0.5, 0.6) is 0 Å². The van der Waals surface area contributed by atoms with E-state index in [1.807, 2.05) is 48.5 Å². The molecule has 2 rings (SSSR count). The maximum atomic E-state index is 12.6. The molecule has 0 fully saturated rings. The molecule has 0 saturated carbocycles. The second kappa shape index (κ2) is 5.34. The van der Waals surface area contributed by atoms with Crippen LogP contribution in [0.15, 0.2) is 69.4 Å². The molecule has 2 nitrogen and oxygen atoms in total. The lowest BCUT2D eigenvalue weighted by Gasteiger charge is -2.08. The van der Waals surface area contributed by atoms with E-state index in [0.29, 0.717) is 10.6 Å². The third kappa shape index (κ3) is 2.87. The van der Waals surface area contributed by atoms with Gasteiger partial charge in [-0.15, -0.1) is 3.88 Å². The molecule has 1 unspecified atom stereocenters. The van der Waals surface area contributed by atoms with Crippen molar-refractivity contribution < 1.29 is 4.21 Å². The standard InChI is InChI=1S/C13H12ClNOS/c14-15-17(16,13-9-5-2-6-10-13)11-12-7-3-1-4-8-12/h1-10H,11H2. The summed E-state index contributed by atoms with van der Waals surface area (Å²) < 4.78 is 16.2. The van der Waals surface area contributed by atoms with Gasteiger partial charge in [0, 0.05) is 16.7 Å². The molecule has 0 aliphatic rings. The molecule has 1 atom stereocenters. The van der Waals surface area contributed by atoms with E-state index in [0.717, 1.165) is 5.56 Å². The molecule has 2 aromatic carbocycles. The van der Waals surface area contributed by atoms with E-state index in [9.17, 15) is 4.21 Å². The summed E-state index contributed by atoms with van der Waals surface area (Å²) in [5, 5.41) is 0. The molecule has 88 valence electrons. The lowest BCUT2D eigenvalue weighted by molar-refractivity contribution is 0.677. The Morgan fingerprint density at radius 2 is 1.47 bits per heavy atom. The third-order valence-electron chi connectivity index (χ3n) is 2.43. The molecule has 0 N–H and O–H groups in total. The van der Waals surface area contributed by atoms with Crippen LogP contribution in [-0.4, -0.2) is 4.21 Å². The Morgan fingerprint density at radius 1 is 0.941 bits per heavy atom. The molecular formula is C13H12ClNOS. The maximum Gasteiger partial charge on any atom is 0.0960 e. The minimum atomic E-state index is -2.57. The Bertz CT molecular complexity index is 589. The van der Waals surface area contributed by atoms with Gasteiger partial charge >= 0.3 is 0 Å². The van der Waals surface area contributed by atoms with Crippen molar-refractivity contribution in [3.8, 4) is 0 Å². The second-order valence-corrected chi connectivity index (χ2v) is 6.25. The normalized spacial score (nSPS) is 13.9. The Balaban J connectivity index is 2.38. The average molecular weight is 266 g/mol. The van der Waals surface area contributed by atoms with E-state index in [1.165, 1.54) is 0 Å². The topological polar surface area (TPSA) is 29.4 Å². The zero-order chi connectivity index (χ0) is 12.1. The highest BCUT2D eigenvalue weighted by Gasteiger charge is 2.12. The van der Waals surface area contributed by atoms with Gasteiger partial charge < -0.3 is 0 Å². The minimum Gasteiger partial charge on any atom is -0.243 e. The van der Waals surface area contributed by atoms with Gasteiger partial charge in [-0.3, -0.25) is 0 Å². The highest BCUT2D eigenvalue weighted by atomic mass is 35.5. The molecule has 0 saturated heterocycles. The predicted molar refractivity (Wildman–Crippen MR) is 71.3 cm³/mol. The number of nitrogens with zero attached hydrogens (tertiary/aromatic N) is 1. The third-order valence-corrected chi connectivity index (χ3v) is 5.05. The van der Waals surface area contributed by atoms with E-state index in [1.54, 1.807) is 12.1 Å². The molecule has 0 bridgehead atoms. The van der Waals surface area contributed by atoms with Crippen molar-refractivity contribution in [2.45, 2.75) is 10.6 Å². The maximum absolute atomic E-state index is 12.6. The van der Waals surface area contributed by atoms with Crippen LogP contribution in [0.25, 0.3) is 0 Å². The first kappa shape index (κ1) is 12.1. The van der Waals surface area contributed by atoms with Crippen molar-refractivity contribution in [2.75, 3.05) is 0 Å². The van der Waals surface area contributed by atoms with Gasteiger partial charge in [-0.05, 0) is 17.7 Å². The Labute approximate surface area is 107 Å². The molecule has 4 heteroatoms. The summed E-state index contributed by atoms with van der Waals surface area (Å²) in [4.78, 5) is 0.666. The SMILES string of the molecule is O=S(Cc1ccccc1)(=NCl)c1ccccc1. The fraction of sp³-hybridized carbons (Fsp3) is 0.0769. The molecule has 0 aliphatic carbocycles. The molecule has 0 aliphatic heterocycles. The van der Waals surface area contributed by atoms with Crippen LogP contribution < -0.4 is 0 Å². The van der Waals surface area contributed by atoms with Gasteiger partial charge in [-0.1, -0.05) is 48.5 Å². The first-order chi connectivity index (χ1) is 8.24. The van der Waals surface area contributed by atoms with Crippen LogP contribution in [0.4, 0.5) is 0 Å². The lowest BCUT2D eigenvalue weighted by atomic mass is 10.2. The van der Waals surface area contributed by atoms with Gasteiger partial charge in [-0.25, -0.2) is 4.21 Å². The summed E-state index contributed by atoms with van der Waals surface area (Å²) in [7, 11) is -2.57. The molecule has 0 heterocycles. The van der Waals surface area contributed by atoms with Crippen molar-refractivity contribution in [1.29, 1.82) is 0 Å². The highest BCUT2D eigenvalue weighted by Crippen LogP contribution is 2.19. The molecule has 0 amide bonds. The van der Waals surface area contributed by atoms with Crippen LogP contribution in [0.2, 0.25) is 0 Å². The minimum absolute atomic E-state index is 0.335. The summed E-state index contributed by atoms with van der Waals surface area (Å²) in [6.45, 7) is 0.